The second kappa shape index (κ2) is 12.3. The molecule has 0 heterocycles. The fourth-order valence-corrected chi connectivity index (χ4v) is 7.23. The number of nitrogens with one attached hydrogen (secondary N) is 2. The average Bonchev–Trinajstić information content (AvgIpc) is 2.92. The molecule has 1 aromatic carbocycles. The summed E-state index contributed by atoms with van der Waals surface area (Å²) in [6.45, 7) is 8.60. The lowest BCUT2D eigenvalue weighted by Crippen LogP contribution is -2.61. The number of hydrogen-bond donors (Lipinski definition) is 4. The lowest BCUT2D eigenvalue weighted by atomic mass is 9.53. The molecular weight excluding hydrogens is 592 g/mol. The van der Waals surface area contributed by atoms with Gasteiger partial charge in [0, 0.05) is 55.7 Å². The summed E-state index contributed by atoms with van der Waals surface area (Å²) in [6.07, 6.45) is 0.591. The van der Waals surface area contributed by atoms with E-state index in [1.54, 1.807) is 19.0 Å². The van der Waals surface area contributed by atoms with Crippen molar-refractivity contribution in [1.29, 1.82) is 0 Å². The first kappa shape index (κ1) is 34.8. The molecule has 1 fully saturated rings. The molecule has 0 spiro atoms. The van der Waals surface area contributed by atoms with Crippen molar-refractivity contribution in [2.45, 2.75) is 65.5 Å². The zero-order chi connectivity index (χ0) is 34.6. The molecule has 4 N–H and O–H groups in total. The van der Waals surface area contributed by atoms with Gasteiger partial charge in [-0.15, -0.1) is 0 Å². The number of benzene rings is 1. The quantitative estimate of drug-likeness (QED) is 0.309. The van der Waals surface area contributed by atoms with Gasteiger partial charge < -0.3 is 25.2 Å². The van der Waals surface area contributed by atoms with Gasteiger partial charge in [-0.2, -0.15) is 0 Å². The highest BCUT2D eigenvalue weighted by Gasteiger charge is 2.62. The number of amides is 2. The van der Waals surface area contributed by atoms with Crippen LogP contribution in [-0.4, -0.2) is 97.7 Å². The van der Waals surface area contributed by atoms with Gasteiger partial charge in [-0.3, -0.25) is 34.2 Å². The fourth-order valence-electron chi connectivity index (χ4n) is 7.23. The van der Waals surface area contributed by atoms with Crippen molar-refractivity contribution in [1.82, 2.24) is 15.5 Å². The maximum atomic E-state index is 14.6. The van der Waals surface area contributed by atoms with Crippen molar-refractivity contribution >= 4 is 40.6 Å². The molecule has 1 aromatic rings. The van der Waals surface area contributed by atoms with Crippen LogP contribution in [0.3, 0.4) is 0 Å². The Labute approximate surface area is 269 Å². The van der Waals surface area contributed by atoms with Crippen LogP contribution in [0.1, 0.15) is 57.7 Å². The third kappa shape index (κ3) is 5.84. The number of likely N-dealkylation sites (N-methyl/N-ethyl adjacent to an activating group) is 1. The largest absolute Gasteiger partial charge is 0.510 e. The molecule has 46 heavy (non-hydrogen) atoms. The van der Waals surface area contributed by atoms with Crippen molar-refractivity contribution in [2.75, 3.05) is 46.7 Å². The molecule has 12 nitrogen and oxygen atoms in total. The Balaban J connectivity index is 1.93. The zero-order valence-electron chi connectivity index (χ0n) is 28.4. The van der Waals surface area contributed by atoms with Crippen LogP contribution in [0, 0.1) is 17.3 Å². The molecule has 3 aliphatic rings. The van der Waals surface area contributed by atoms with E-state index in [9.17, 15) is 34.2 Å². The minimum atomic E-state index is -1.76. The summed E-state index contributed by atoms with van der Waals surface area (Å²) >= 11 is 0. The molecule has 4 rings (SSSR count). The summed E-state index contributed by atoms with van der Waals surface area (Å²) in [6, 6.07) is 0.918. The van der Waals surface area contributed by atoms with Gasteiger partial charge in [0.15, 0.2) is 17.3 Å². The van der Waals surface area contributed by atoms with E-state index in [4.69, 9.17) is 4.74 Å². The van der Waals surface area contributed by atoms with E-state index in [0.717, 1.165) is 18.2 Å². The molecule has 250 valence electrons. The van der Waals surface area contributed by atoms with Crippen molar-refractivity contribution in [3.63, 3.8) is 0 Å². The van der Waals surface area contributed by atoms with Crippen molar-refractivity contribution in [3.8, 4) is 5.75 Å². The van der Waals surface area contributed by atoms with Gasteiger partial charge in [-0.25, -0.2) is 0 Å². The molecule has 0 aromatic heterocycles. The number of aliphatic hydroxyl groups excluding tert-OH is 2. The second-order valence-corrected chi connectivity index (χ2v) is 14.2. The van der Waals surface area contributed by atoms with Gasteiger partial charge in [0.05, 0.1) is 30.7 Å². The number of hydrogen-bond acceptors (Lipinski definition) is 11. The number of ketones is 3. The molecule has 0 saturated heterocycles. The maximum absolute atomic E-state index is 14.6. The van der Waals surface area contributed by atoms with Crippen LogP contribution < -0.4 is 20.3 Å². The molecule has 3 aliphatic carbocycles. The lowest BCUT2D eigenvalue weighted by molar-refractivity contribution is -0.139. The lowest BCUT2D eigenvalue weighted by Gasteiger charge is -2.51. The van der Waals surface area contributed by atoms with E-state index >= 15 is 0 Å². The minimum absolute atomic E-state index is 0.0188. The van der Waals surface area contributed by atoms with Crippen LogP contribution in [0.15, 0.2) is 23.0 Å². The molecule has 0 bridgehead atoms. The molecule has 0 radical (unpaired) electrons. The number of ether oxygens (including phenoxy) is 1. The number of carbonyl (C=O) groups is 5. The Morgan fingerprint density at radius 2 is 1.74 bits per heavy atom. The van der Waals surface area contributed by atoms with Gasteiger partial charge in [-0.1, -0.05) is 0 Å². The van der Waals surface area contributed by atoms with Crippen LogP contribution in [0.2, 0.25) is 0 Å². The molecule has 0 aliphatic heterocycles. The summed E-state index contributed by atoms with van der Waals surface area (Å²) in [5.74, 6) is -5.22. The first-order valence-corrected chi connectivity index (χ1v) is 15.4. The number of aliphatic hydroxyl groups is 2. The SMILES string of the molecule is COc1c(CC(=O)CNC(C)(C)C)cc(N(C)C)c2c1C(O)=C1C(=O)[C@]3(C)C(O)=C(C(=O)NC(C)=O)C(=O)[C@@H](N(C)C)[C@@H]3C[C@@H]1C2. The number of fused-ring (bicyclic) bond motifs is 3. The fraction of sp³-hybridized carbons (Fsp3) is 0.559. The van der Waals surface area contributed by atoms with Crippen molar-refractivity contribution in [2.24, 2.45) is 17.3 Å². The summed E-state index contributed by atoms with van der Waals surface area (Å²) in [5, 5.41) is 28.8. The average molecular weight is 639 g/mol. The third-order valence-corrected chi connectivity index (χ3v) is 9.37. The van der Waals surface area contributed by atoms with Crippen molar-refractivity contribution < 1.29 is 38.9 Å². The number of allylic oxidation sites excluding steroid dienone is 2. The van der Waals surface area contributed by atoms with Crippen LogP contribution >= 0.6 is 0 Å². The van der Waals surface area contributed by atoms with E-state index in [2.05, 4.69) is 5.32 Å². The maximum Gasteiger partial charge on any atom is 0.264 e. The van der Waals surface area contributed by atoms with Gasteiger partial charge in [0.1, 0.15) is 22.8 Å². The molecule has 1 saturated carbocycles. The van der Waals surface area contributed by atoms with Crippen molar-refractivity contribution in [3.05, 3.63) is 39.7 Å². The first-order valence-electron chi connectivity index (χ1n) is 15.4. The van der Waals surface area contributed by atoms with Gasteiger partial charge in [-0.05, 0) is 72.2 Å². The van der Waals surface area contributed by atoms with Gasteiger partial charge >= 0.3 is 0 Å². The number of carbonyl (C=O) groups excluding carboxylic acids is 5. The number of imide groups is 1. The van der Waals surface area contributed by atoms with Crippen LogP contribution in [0.25, 0.3) is 5.76 Å². The topological polar surface area (TPSA) is 166 Å². The van der Waals surface area contributed by atoms with E-state index < -0.39 is 58.0 Å². The Morgan fingerprint density at radius 1 is 1.11 bits per heavy atom. The second-order valence-electron chi connectivity index (χ2n) is 14.2. The predicted octanol–water partition coefficient (Wildman–Crippen LogP) is 2.29. The summed E-state index contributed by atoms with van der Waals surface area (Å²) in [5.41, 5.74) is -0.264. The molecule has 2 amide bonds. The van der Waals surface area contributed by atoms with Crippen LogP contribution in [0.5, 0.6) is 5.75 Å². The molecular formula is C34H46N4O8. The standard InChI is InChI=1S/C34H46N4O8/c1-16(39)36-32(45)25-28(42)26(38(8)9)21-13-17-12-20-22(37(6)7)14-18(11-19(40)15-35-33(2,3)4)29(46-10)24(20)27(41)23(17)30(43)34(21,5)31(25)44/h14,17,21,26,35,41,44H,11-13,15H2,1-10H3,(H,36,39,45)/t17-,21-,26-,34+/m0/s1. The Morgan fingerprint density at radius 3 is 2.26 bits per heavy atom. The van der Waals surface area contributed by atoms with E-state index in [-0.39, 0.29) is 47.8 Å². The zero-order valence-corrected chi connectivity index (χ0v) is 28.4. The van der Waals surface area contributed by atoms with E-state index in [0.29, 0.717) is 17.5 Å². The summed E-state index contributed by atoms with van der Waals surface area (Å²) in [4.78, 5) is 69.6. The minimum Gasteiger partial charge on any atom is -0.510 e. The Bertz CT molecular complexity index is 1580. The monoisotopic (exact) mass is 638 g/mol. The first-order chi connectivity index (χ1) is 21.3. The molecule has 12 heteroatoms. The number of nitrogens with zero attached hydrogens (tertiary/aromatic N) is 2. The van der Waals surface area contributed by atoms with Crippen LogP contribution in [0.4, 0.5) is 5.69 Å². The normalized spacial score (nSPS) is 24.4. The number of anilines is 1. The smallest absolute Gasteiger partial charge is 0.264 e. The number of rotatable bonds is 8. The highest BCUT2D eigenvalue weighted by Crippen LogP contribution is 2.57. The van der Waals surface area contributed by atoms with Gasteiger partial charge in [0.2, 0.25) is 5.91 Å². The van der Waals surface area contributed by atoms with E-state index in [1.165, 1.54) is 14.0 Å². The van der Waals surface area contributed by atoms with Gasteiger partial charge in [0.25, 0.3) is 5.91 Å². The molecule has 4 atom stereocenters. The molecule has 0 unspecified atom stereocenters. The third-order valence-electron chi connectivity index (χ3n) is 9.37. The Kier molecular flexibility index (Phi) is 9.31. The highest BCUT2D eigenvalue weighted by atomic mass is 16.5. The predicted molar refractivity (Wildman–Crippen MR) is 173 cm³/mol. The highest BCUT2D eigenvalue weighted by molar-refractivity contribution is 6.26. The Hall–Kier alpha value is -4.03. The number of methoxy groups -OCH3 is 1. The summed E-state index contributed by atoms with van der Waals surface area (Å²) < 4.78 is 5.82. The van der Waals surface area contributed by atoms with E-state index in [1.807, 2.05) is 51.1 Å². The summed E-state index contributed by atoms with van der Waals surface area (Å²) in [7, 11) is 8.47. The van der Waals surface area contributed by atoms with Crippen LogP contribution in [-0.2, 0) is 36.8 Å². The number of Topliss-reactive ketones (excluding diaryl/α,β-unsaturated/α-hetero) is 3.